The molecule has 0 radical (unpaired) electrons. The van der Waals surface area contributed by atoms with Crippen LogP contribution in [0, 0.1) is 0 Å². The minimum Gasteiger partial charge on any atom is -0.316 e. The lowest BCUT2D eigenvalue weighted by atomic mass is 10.1. The Kier molecular flexibility index (Phi) is 5.42. The maximum atomic E-state index is 3.30. The lowest BCUT2D eigenvalue weighted by molar-refractivity contribution is 0.611. The van der Waals surface area contributed by atoms with Crippen molar-refractivity contribution in [2.45, 2.75) is 19.8 Å². The van der Waals surface area contributed by atoms with Crippen LogP contribution in [0.15, 0.2) is 17.4 Å². The molecule has 0 atom stereocenters. The van der Waals surface area contributed by atoms with E-state index in [9.17, 15) is 0 Å². The molecule has 10 heavy (non-hydrogen) atoms. The predicted molar refractivity (Wildman–Crippen MR) is 46.6 cm³/mol. The van der Waals surface area contributed by atoms with Crippen LogP contribution in [0.2, 0.25) is 0 Å². The van der Waals surface area contributed by atoms with Crippen molar-refractivity contribution in [3.05, 3.63) is 17.4 Å². The zero-order chi connectivity index (χ0) is 6.53. The summed E-state index contributed by atoms with van der Waals surface area (Å²) in [5.41, 5.74) is 4.70. The van der Waals surface area contributed by atoms with Gasteiger partial charge in [-0.25, -0.2) is 0 Å². The van der Waals surface area contributed by atoms with Crippen LogP contribution < -0.4 is 5.32 Å². The van der Waals surface area contributed by atoms with Crippen molar-refractivity contribution in [3.63, 3.8) is 0 Å². The minimum atomic E-state index is 0. The summed E-state index contributed by atoms with van der Waals surface area (Å²) in [5.74, 6) is 0. The van der Waals surface area contributed by atoms with Gasteiger partial charge in [0, 0.05) is 0 Å². The summed E-state index contributed by atoms with van der Waals surface area (Å²) in [5, 5.41) is 3.30. The molecule has 0 amide bonds. The highest BCUT2D eigenvalue weighted by Gasteiger charge is 2.01. The van der Waals surface area contributed by atoms with Gasteiger partial charge in [0.15, 0.2) is 0 Å². The van der Waals surface area contributed by atoms with Crippen molar-refractivity contribution in [2.24, 2.45) is 0 Å². The van der Waals surface area contributed by atoms with E-state index in [0.29, 0.717) is 0 Å². The molecular formula is C8H14ClN. The maximum absolute atomic E-state index is 3.30. The molecule has 0 saturated carbocycles. The highest BCUT2D eigenvalue weighted by Crippen LogP contribution is 2.06. The standard InChI is InChI=1S/C8H13N.ClH/c1-2-3-8-4-6-9-7-5-8;/h2,9H,4-7H2,1H3;1H. The SMILES string of the molecule is CC=C=C1CCNCC1.Cl. The van der Waals surface area contributed by atoms with Crippen LogP contribution in [-0.2, 0) is 0 Å². The largest absolute Gasteiger partial charge is 0.316 e. The van der Waals surface area contributed by atoms with Crippen LogP contribution in [0.3, 0.4) is 0 Å². The molecule has 0 spiro atoms. The summed E-state index contributed by atoms with van der Waals surface area (Å²) in [6.45, 7) is 4.29. The van der Waals surface area contributed by atoms with E-state index in [-0.39, 0.29) is 12.4 Å². The number of rotatable bonds is 0. The monoisotopic (exact) mass is 159 g/mol. The third-order valence-electron chi connectivity index (χ3n) is 1.56. The van der Waals surface area contributed by atoms with Crippen molar-refractivity contribution >= 4 is 12.4 Å². The lowest BCUT2D eigenvalue weighted by Gasteiger charge is -2.12. The van der Waals surface area contributed by atoms with E-state index >= 15 is 0 Å². The Bertz CT molecular complexity index is 137. The van der Waals surface area contributed by atoms with Gasteiger partial charge in [-0.15, -0.1) is 18.1 Å². The van der Waals surface area contributed by atoms with E-state index in [0.717, 1.165) is 13.1 Å². The van der Waals surface area contributed by atoms with E-state index in [2.05, 4.69) is 11.0 Å². The molecule has 0 aromatic carbocycles. The Morgan fingerprint density at radius 2 is 2.00 bits per heavy atom. The topological polar surface area (TPSA) is 12.0 Å². The van der Waals surface area contributed by atoms with Crippen LogP contribution in [0.25, 0.3) is 0 Å². The number of halogens is 1. The van der Waals surface area contributed by atoms with Gasteiger partial charge in [0.25, 0.3) is 0 Å². The number of hydrogen-bond donors (Lipinski definition) is 1. The molecule has 1 heterocycles. The Balaban J connectivity index is 0.000000810. The molecule has 0 bridgehead atoms. The van der Waals surface area contributed by atoms with Gasteiger partial charge in [-0.3, -0.25) is 0 Å². The number of piperidine rings is 1. The highest BCUT2D eigenvalue weighted by molar-refractivity contribution is 5.85. The van der Waals surface area contributed by atoms with E-state index in [1.54, 1.807) is 0 Å². The first-order valence-corrected chi connectivity index (χ1v) is 3.53. The molecule has 0 unspecified atom stereocenters. The molecule has 1 aliphatic heterocycles. The smallest absolute Gasteiger partial charge is 0.000533 e. The van der Waals surface area contributed by atoms with Crippen LogP contribution in [0.4, 0.5) is 0 Å². The Labute approximate surface area is 68.6 Å². The second-order valence-electron chi connectivity index (χ2n) is 2.29. The Hall–Kier alpha value is -0.230. The van der Waals surface area contributed by atoms with Gasteiger partial charge in [0.2, 0.25) is 0 Å². The maximum Gasteiger partial charge on any atom is -0.000533 e. The summed E-state index contributed by atoms with van der Waals surface area (Å²) < 4.78 is 0. The quantitative estimate of drug-likeness (QED) is 0.533. The van der Waals surface area contributed by atoms with Gasteiger partial charge in [0.1, 0.15) is 0 Å². The van der Waals surface area contributed by atoms with E-state index in [1.165, 1.54) is 18.4 Å². The first kappa shape index (κ1) is 9.77. The second-order valence-corrected chi connectivity index (χ2v) is 2.29. The van der Waals surface area contributed by atoms with Crippen molar-refractivity contribution in [1.82, 2.24) is 5.32 Å². The van der Waals surface area contributed by atoms with Crippen molar-refractivity contribution < 1.29 is 0 Å². The van der Waals surface area contributed by atoms with Gasteiger partial charge in [-0.1, -0.05) is 0 Å². The molecule has 1 saturated heterocycles. The summed E-state index contributed by atoms with van der Waals surface area (Å²) in [4.78, 5) is 0. The molecular weight excluding hydrogens is 146 g/mol. The minimum absolute atomic E-state index is 0. The molecule has 1 N–H and O–H groups in total. The van der Waals surface area contributed by atoms with Crippen molar-refractivity contribution in [3.8, 4) is 0 Å². The van der Waals surface area contributed by atoms with E-state index < -0.39 is 0 Å². The van der Waals surface area contributed by atoms with Crippen molar-refractivity contribution in [1.29, 1.82) is 0 Å². The molecule has 0 aromatic heterocycles. The third-order valence-corrected chi connectivity index (χ3v) is 1.56. The average molecular weight is 160 g/mol. The Morgan fingerprint density at radius 3 is 2.50 bits per heavy atom. The average Bonchev–Trinajstić information content (AvgIpc) is 1.91. The highest BCUT2D eigenvalue weighted by atomic mass is 35.5. The van der Waals surface area contributed by atoms with E-state index in [4.69, 9.17) is 0 Å². The fourth-order valence-corrected chi connectivity index (χ4v) is 1.08. The van der Waals surface area contributed by atoms with Crippen molar-refractivity contribution in [2.75, 3.05) is 13.1 Å². The number of hydrogen-bond acceptors (Lipinski definition) is 1. The molecule has 0 aliphatic carbocycles. The van der Waals surface area contributed by atoms with Crippen LogP contribution >= 0.6 is 12.4 Å². The molecule has 1 nitrogen and oxygen atoms in total. The zero-order valence-corrected chi connectivity index (χ0v) is 7.13. The van der Waals surface area contributed by atoms with Gasteiger partial charge in [-0.05, 0) is 44.5 Å². The third kappa shape index (κ3) is 3.07. The summed E-state index contributed by atoms with van der Waals surface area (Å²) in [6, 6.07) is 0. The molecule has 58 valence electrons. The normalized spacial score (nSPS) is 17.1. The van der Waals surface area contributed by atoms with Crippen LogP contribution in [-0.4, -0.2) is 13.1 Å². The van der Waals surface area contributed by atoms with Crippen LogP contribution in [0.5, 0.6) is 0 Å². The molecule has 1 fully saturated rings. The predicted octanol–water partition coefficient (Wildman–Crippen LogP) is 1.89. The van der Waals surface area contributed by atoms with Crippen LogP contribution in [0.1, 0.15) is 19.8 Å². The first-order valence-electron chi connectivity index (χ1n) is 3.53. The first-order chi connectivity index (χ1) is 4.43. The lowest BCUT2D eigenvalue weighted by Crippen LogP contribution is -2.22. The van der Waals surface area contributed by atoms with Gasteiger partial charge in [-0.2, -0.15) is 0 Å². The molecule has 2 heteroatoms. The molecule has 0 aromatic rings. The van der Waals surface area contributed by atoms with Gasteiger partial charge >= 0.3 is 0 Å². The summed E-state index contributed by atoms with van der Waals surface area (Å²) >= 11 is 0. The summed E-state index contributed by atoms with van der Waals surface area (Å²) in [6.07, 6.45) is 4.37. The molecule has 1 rings (SSSR count). The number of nitrogens with one attached hydrogen (secondary N) is 1. The van der Waals surface area contributed by atoms with Gasteiger partial charge < -0.3 is 5.32 Å². The summed E-state index contributed by atoms with van der Waals surface area (Å²) in [7, 11) is 0. The molecule has 1 aliphatic rings. The Morgan fingerprint density at radius 1 is 1.40 bits per heavy atom. The fraction of sp³-hybridized carbons (Fsp3) is 0.625. The van der Waals surface area contributed by atoms with E-state index in [1.807, 2.05) is 13.0 Å². The fourth-order valence-electron chi connectivity index (χ4n) is 1.08. The second kappa shape index (κ2) is 5.55. The van der Waals surface area contributed by atoms with Gasteiger partial charge in [0.05, 0.1) is 0 Å². The zero-order valence-electron chi connectivity index (χ0n) is 6.31.